The van der Waals surface area contributed by atoms with Crippen LogP contribution in [-0.2, 0) is 16.6 Å². The SMILES string of the molecule is CN(C1CCCN(Cc2cncs2)C1)S(=O)(=O)C1CC1. The highest BCUT2D eigenvalue weighted by molar-refractivity contribution is 7.90. The number of hydrogen-bond donors (Lipinski definition) is 0. The van der Waals surface area contributed by atoms with E-state index < -0.39 is 10.0 Å². The minimum Gasteiger partial charge on any atom is -0.297 e. The van der Waals surface area contributed by atoms with Crippen molar-refractivity contribution in [2.24, 2.45) is 0 Å². The van der Waals surface area contributed by atoms with E-state index in [9.17, 15) is 8.42 Å². The number of nitrogens with zero attached hydrogens (tertiary/aromatic N) is 3. The number of piperidine rings is 1. The van der Waals surface area contributed by atoms with Gasteiger partial charge < -0.3 is 0 Å². The van der Waals surface area contributed by atoms with Gasteiger partial charge in [0.1, 0.15) is 0 Å². The number of sulfonamides is 1. The summed E-state index contributed by atoms with van der Waals surface area (Å²) in [5, 5.41) is -0.107. The fourth-order valence-electron chi connectivity index (χ4n) is 2.82. The predicted molar refractivity (Wildman–Crippen MR) is 80.1 cm³/mol. The topological polar surface area (TPSA) is 53.5 Å². The normalized spacial score (nSPS) is 25.2. The van der Waals surface area contributed by atoms with Gasteiger partial charge in [-0.2, -0.15) is 0 Å². The number of aromatic nitrogens is 1. The van der Waals surface area contributed by atoms with Gasteiger partial charge in [0.2, 0.25) is 10.0 Å². The number of hydrogen-bond acceptors (Lipinski definition) is 5. The average Bonchev–Trinajstić information content (AvgIpc) is 3.19. The maximum Gasteiger partial charge on any atom is 0.217 e. The molecule has 1 atom stereocenters. The summed E-state index contributed by atoms with van der Waals surface area (Å²) in [7, 11) is -1.30. The van der Waals surface area contributed by atoms with Crippen molar-refractivity contribution in [3.63, 3.8) is 0 Å². The van der Waals surface area contributed by atoms with E-state index in [-0.39, 0.29) is 11.3 Å². The van der Waals surface area contributed by atoms with E-state index in [2.05, 4.69) is 9.88 Å². The molecule has 112 valence electrons. The molecule has 1 saturated heterocycles. The van der Waals surface area contributed by atoms with E-state index in [0.717, 1.165) is 45.3 Å². The van der Waals surface area contributed by atoms with Crippen LogP contribution in [0.3, 0.4) is 0 Å². The lowest BCUT2D eigenvalue weighted by Crippen LogP contribution is -2.48. The van der Waals surface area contributed by atoms with Crippen LogP contribution in [0.1, 0.15) is 30.6 Å². The lowest BCUT2D eigenvalue weighted by molar-refractivity contribution is 0.154. The molecule has 2 fully saturated rings. The van der Waals surface area contributed by atoms with E-state index >= 15 is 0 Å². The molecule has 1 aliphatic carbocycles. The minimum atomic E-state index is -3.05. The zero-order chi connectivity index (χ0) is 14.2. The molecule has 0 N–H and O–H groups in total. The van der Waals surface area contributed by atoms with Crippen molar-refractivity contribution in [2.45, 2.75) is 43.5 Å². The van der Waals surface area contributed by atoms with Crippen molar-refractivity contribution in [1.29, 1.82) is 0 Å². The Kier molecular flexibility index (Phi) is 4.12. The van der Waals surface area contributed by atoms with Gasteiger partial charge in [-0.15, -0.1) is 11.3 Å². The molecule has 1 aromatic heterocycles. The molecule has 1 aliphatic heterocycles. The van der Waals surface area contributed by atoms with Gasteiger partial charge in [0.05, 0.1) is 10.8 Å². The van der Waals surface area contributed by atoms with Crippen molar-refractivity contribution in [2.75, 3.05) is 20.1 Å². The molecule has 1 unspecified atom stereocenters. The Morgan fingerprint density at radius 1 is 1.45 bits per heavy atom. The fourth-order valence-corrected chi connectivity index (χ4v) is 5.25. The van der Waals surface area contributed by atoms with Gasteiger partial charge in [-0.05, 0) is 32.2 Å². The van der Waals surface area contributed by atoms with Gasteiger partial charge in [0.15, 0.2) is 0 Å². The zero-order valence-corrected chi connectivity index (χ0v) is 13.4. The first-order valence-electron chi connectivity index (χ1n) is 7.14. The van der Waals surface area contributed by atoms with Crippen LogP contribution in [0, 0.1) is 0 Å². The summed E-state index contributed by atoms with van der Waals surface area (Å²) in [5.74, 6) is 0. The molecule has 0 spiro atoms. The molecule has 2 heterocycles. The first-order valence-corrected chi connectivity index (χ1v) is 9.52. The van der Waals surface area contributed by atoms with Crippen molar-refractivity contribution < 1.29 is 8.42 Å². The predicted octanol–water partition coefficient (Wildman–Crippen LogP) is 1.53. The fraction of sp³-hybridized carbons (Fsp3) is 0.769. The zero-order valence-electron chi connectivity index (χ0n) is 11.7. The Morgan fingerprint density at radius 3 is 2.90 bits per heavy atom. The highest BCUT2D eigenvalue weighted by Gasteiger charge is 2.41. The second-order valence-electron chi connectivity index (χ2n) is 5.76. The maximum atomic E-state index is 12.3. The summed E-state index contributed by atoms with van der Waals surface area (Å²) in [6.45, 7) is 2.77. The van der Waals surface area contributed by atoms with Gasteiger partial charge >= 0.3 is 0 Å². The third-order valence-corrected chi connectivity index (χ3v) is 7.38. The number of rotatable bonds is 5. The molecule has 2 aliphatic rings. The van der Waals surface area contributed by atoms with E-state index in [1.165, 1.54) is 4.88 Å². The van der Waals surface area contributed by atoms with Crippen LogP contribution < -0.4 is 0 Å². The Hall–Kier alpha value is -0.500. The van der Waals surface area contributed by atoms with Crippen LogP contribution in [0.2, 0.25) is 0 Å². The summed E-state index contributed by atoms with van der Waals surface area (Å²) in [4.78, 5) is 7.69. The number of likely N-dealkylation sites (N-methyl/N-ethyl adjacent to an activating group) is 1. The summed E-state index contributed by atoms with van der Waals surface area (Å²) >= 11 is 1.66. The van der Waals surface area contributed by atoms with Crippen LogP contribution in [-0.4, -0.2) is 54.0 Å². The van der Waals surface area contributed by atoms with Crippen LogP contribution in [0.4, 0.5) is 0 Å². The Labute approximate surface area is 124 Å². The lowest BCUT2D eigenvalue weighted by atomic mass is 10.1. The summed E-state index contributed by atoms with van der Waals surface area (Å²) in [6.07, 6.45) is 5.61. The molecule has 7 heteroatoms. The lowest BCUT2D eigenvalue weighted by Gasteiger charge is -2.36. The molecule has 0 aromatic carbocycles. The largest absolute Gasteiger partial charge is 0.297 e. The van der Waals surface area contributed by atoms with Crippen LogP contribution in [0.25, 0.3) is 0 Å². The summed E-state index contributed by atoms with van der Waals surface area (Å²) in [5.41, 5.74) is 1.85. The molecule has 1 saturated carbocycles. The molecule has 0 amide bonds. The Bertz CT molecular complexity index is 540. The smallest absolute Gasteiger partial charge is 0.217 e. The Morgan fingerprint density at radius 2 is 2.25 bits per heavy atom. The van der Waals surface area contributed by atoms with Gasteiger partial charge in [-0.25, -0.2) is 12.7 Å². The van der Waals surface area contributed by atoms with E-state index in [1.54, 1.807) is 22.7 Å². The first kappa shape index (κ1) is 14.4. The quantitative estimate of drug-likeness (QED) is 0.827. The maximum absolute atomic E-state index is 12.3. The molecule has 20 heavy (non-hydrogen) atoms. The van der Waals surface area contributed by atoms with Crippen molar-refractivity contribution >= 4 is 21.4 Å². The molecular weight excluding hydrogens is 294 g/mol. The first-order chi connectivity index (χ1) is 9.57. The van der Waals surface area contributed by atoms with Gasteiger partial charge in [-0.1, -0.05) is 0 Å². The highest BCUT2D eigenvalue weighted by Crippen LogP contribution is 2.32. The second-order valence-corrected chi connectivity index (χ2v) is 9.00. The summed E-state index contributed by atoms with van der Waals surface area (Å²) in [6, 6.07) is 0.127. The molecule has 1 aromatic rings. The van der Waals surface area contributed by atoms with E-state index in [1.807, 2.05) is 11.7 Å². The van der Waals surface area contributed by atoms with Crippen LogP contribution >= 0.6 is 11.3 Å². The molecule has 3 rings (SSSR count). The number of thiazole rings is 1. The van der Waals surface area contributed by atoms with Gasteiger partial charge in [0, 0.05) is 37.3 Å². The average molecular weight is 315 g/mol. The van der Waals surface area contributed by atoms with E-state index in [0.29, 0.717) is 0 Å². The minimum absolute atomic E-state index is 0.107. The van der Waals surface area contributed by atoms with Crippen LogP contribution in [0.15, 0.2) is 11.7 Å². The third-order valence-electron chi connectivity index (χ3n) is 4.20. The monoisotopic (exact) mass is 315 g/mol. The molecule has 0 radical (unpaired) electrons. The summed E-state index contributed by atoms with van der Waals surface area (Å²) < 4.78 is 26.3. The van der Waals surface area contributed by atoms with Crippen molar-refractivity contribution in [3.05, 3.63) is 16.6 Å². The van der Waals surface area contributed by atoms with Crippen molar-refractivity contribution in [1.82, 2.24) is 14.2 Å². The third kappa shape index (κ3) is 3.05. The molecule has 5 nitrogen and oxygen atoms in total. The van der Waals surface area contributed by atoms with E-state index in [4.69, 9.17) is 0 Å². The van der Waals surface area contributed by atoms with Gasteiger partial charge in [-0.3, -0.25) is 9.88 Å². The van der Waals surface area contributed by atoms with Gasteiger partial charge in [0.25, 0.3) is 0 Å². The Balaban J connectivity index is 1.62. The molecule has 0 bridgehead atoms. The number of likely N-dealkylation sites (tertiary alicyclic amines) is 1. The highest BCUT2D eigenvalue weighted by atomic mass is 32.2. The molecular formula is C13H21N3O2S2. The van der Waals surface area contributed by atoms with Crippen LogP contribution in [0.5, 0.6) is 0 Å². The second kappa shape index (κ2) is 5.71. The standard InChI is InChI=1S/C13H21N3O2S2/c1-15(20(17,18)13-4-5-13)11-3-2-6-16(8-11)9-12-7-14-10-19-12/h7,10-11,13H,2-6,8-9H2,1H3. The van der Waals surface area contributed by atoms with Crippen molar-refractivity contribution in [3.8, 4) is 0 Å².